The van der Waals surface area contributed by atoms with Crippen molar-refractivity contribution in [2.24, 2.45) is 12.8 Å². The zero-order valence-electron chi connectivity index (χ0n) is 13.5. The number of halogens is 1. The summed E-state index contributed by atoms with van der Waals surface area (Å²) < 4.78 is 1.97. The molecule has 0 unspecified atom stereocenters. The van der Waals surface area contributed by atoms with E-state index in [-0.39, 0.29) is 18.4 Å². The van der Waals surface area contributed by atoms with Crippen molar-refractivity contribution >= 4 is 12.4 Å². The van der Waals surface area contributed by atoms with Gasteiger partial charge in [-0.25, -0.2) is 0 Å². The Morgan fingerprint density at radius 3 is 2.45 bits per heavy atom. The van der Waals surface area contributed by atoms with Crippen LogP contribution in [0.25, 0.3) is 0 Å². The van der Waals surface area contributed by atoms with Crippen molar-refractivity contribution < 1.29 is 0 Å². The summed E-state index contributed by atoms with van der Waals surface area (Å²) in [4.78, 5) is 2.46. The molecule has 120 valence electrons. The van der Waals surface area contributed by atoms with Crippen LogP contribution < -0.4 is 5.73 Å². The fraction of sp³-hybridized carbons (Fsp3) is 0.471. The van der Waals surface area contributed by atoms with Crippen LogP contribution in [0.15, 0.2) is 30.3 Å². The molecule has 1 fully saturated rings. The van der Waals surface area contributed by atoms with Crippen LogP contribution in [-0.4, -0.2) is 33.8 Å². The van der Waals surface area contributed by atoms with Gasteiger partial charge in [0.05, 0.1) is 5.69 Å². The number of likely N-dealkylation sites (tertiary alicyclic amines) is 1. The van der Waals surface area contributed by atoms with E-state index >= 15 is 0 Å². The van der Waals surface area contributed by atoms with Crippen molar-refractivity contribution in [3.05, 3.63) is 52.8 Å². The van der Waals surface area contributed by atoms with Crippen molar-refractivity contribution in [1.29, 1.82) is 0 Å². The molecule has 1 aliphatic heterocycles. The Labute approximate surface area is 138 Å². The van der Waals surface area contributed by atoms with Gasteiger partial charge in [-0.1, -0.05) is 30.3 Å². The number of aromatic nitrogens is 2. The van der Waals surface area contributed by atoms with E-state index in [0.29, 0.717) is 5.92 Å². The number of hydrogen-bond acceptors (Lipinski definition) is 3. The zero-order valence-corrected chi connectivity index (χ0v) is 14.3. The van der Waals surface area contributed by atoms with Gasteiger partial charge in [0.25, 0.3) is 0 Å². The number of hydrogen-bond donors (Lipinski definition) is 1. The van der Waals surface area contributed by atoms with Crippen LogP contribution >= 0.6 is 12.4 Å². The minimum atomic E-state index is 0. The van der Waals surface area contributed by atoms with Gasteiger partial charge < -0.3 is 5.73 Å². The summed E-state index contributed by atoms with van der Waals surface area (Å²) in [6.45, 7) is 7.15. The summed E-state index contributed by atoms with van der Waals surface area (Å²) in [6, 6.07) is 10.8. The van der Waals surface area contributed by atoms with Crippen molar-refractivity contribution in [3.8, 4) is 0 Å². The van der Waals surface area contributed by atoms with Gasteiger partial charge in [0.1, 0.15) is 0 Å². The molecule has 2 aromatic rings. The third-order valence-electron chi connectivity index (χ3n) is 4.71. The van der Waals surface area contributed by atoms with Gasteiger partial charge >= 0.3 is 0 Å². The molecular formula is C17H25ClN4. The van der Waals surface area contributed by atoms with Crippen LogP contribution in [-0.2, 0) is 13.6 Å². The fourth-order valence-corrected chi connectivity index (χ4v) is 3.37. The zero-order chi connectivity index (χ0) is 15.0. The molecule has 1 aliphatic rings. The van der Waals surface area contributed by atoms with Crippen LogP contribution in [0.5, 0.6) is 0 Å². The van der Waals surface area contributed by atoms with Crippen molar-refractivity contribution in [2.45, 2.75) is 32.4 Å². The number of nitrogens with zero attached hydrogens (tertiary/aromatic N) is 3. The lowest BCUT2D eigenvalue weighted by molar-refractivity contribution is 0.322. The summed E-state index contributed by atoms with van der Waals surface area (Å²) in [5, 5.41) is 4.51. The summed E-state index contributed by atoms with van der Waals surface area (Å²) in [5.74, 6) is 0.434. The topological polar surface area (TPSA) is 47.1 Å². The van der Waals surface area contributed by atoms with E-state index in [0.717, 1.165) is 25.3 Å². The first kappa shape index (κ1) is 17.0. The second-order valence-corrected chi connectivity index (χ2v) is 6.15. The van der Waals surface area contributed by atoms with Crippen LogP contribution in [0.4, 0.5) is 0 Å². The highest BCUT2D eigenvalue weighted by Gasteiger charge is 2.31. The van der Waals surface area contributed by atoms with Crippen LogP contribution in [0.2, 0.25) is 0 Å². The lowest BCUT2D eigenvalue weighted by atomic mass is 9.95. The highest BCUT2D eigenvalue weighted by Crippen LogP contribution is 2.28. The molecule has 0 radical (unpaired) electrons. The first-order valence-electron chi connectivity index (χ1n) is 7.58. The highest BCUT2D eigenvalue weighted by molar-refractivity contribution is 5.85. The monoisotopic (exact) mass is 320 g/mol. The Bertz CT molecular complexity index is 623. The summed E-state index contributed by atoms with van der Waals surface area (Å²) >= 11 is 0. The molecule has 22 heavy (non-hydrogen) atoms. The van der Waals surface area contributed by atoms with Gasteiger partial charge in [-0.05, 0) is 19.4 Å². The normalized spacial score (nSPS) is 21.8. The number of rotatable bonds is 3. The molecule has 4 nitrogen and oxygen atoms in total. The maximum Gasteiger partial charge on any atom is 0.0641 e. The predicted octanol–water partition coefficient (Wildman–Crippen LogP) is 2.39. The minimum Gasteiger partial charge on any atom is -0.326 e. The van der Waals surface area contributed by atoms with E-state index in [2.05, 4.69) is 54.2 Å². The lowest BCUT2D eigenvalue weighted by Crippen LogP contribution is -2.28. The second-order valence-electron chi connectivity index (χ2n) is 6.15. The van der Waals surface area contributed by atoms with Crippen molar-refractivity contribution in [3.63, 3.8) is 0 Å². The van der Waals surface area contributed by atoms with E-state index in [1.165, 1.54) is 16.8 Å². The SMILES string of the molecule is Cc1nn(C)c(C)c1CN1C[C@@H](N)[C@H](c2ccccc2)C1.Cl. The molecule has 1 saturated heterocycles. The smallest absolute Gasteiger partial charge is 0.0641 e. The number of aryl methyl sites for hydroxylation is 2. The average Bonchev–Trinajstić information content (AvgIpc) is 2.95. The van der Waals surface area contributed by atoms with Gasteiger partial charge in [-0.15, -0.1) is 12.4 Å². The first-order chi connectivity index (χ1) is 10.1. The van der Waals surface area contributed by atoms with Crippen LogP contribution in [0.1, 0.15) is 28.4 Å². The van der Waals surface area contributed by atoms with Gasteiger partial charge in [0, 0.05) is 49.9 Å². The van der Waals surface area contributed by atoms with Crippen molar-refractivity contribution in [1.82, 2.24) is 14.7 Å². The first-order valence-corrected chi connectivity index (χ1v) is 7.58. The molecule has 2 atom stereocenters. The van der Waals surface area contributed by atoms with E-state index in [9.17, 15) is 0 Å². The molecule has 2 N–H and O–H groups in total. The largest absolute Gasteiger partial charge is 0.326 e. The fourth-order valence-electron chi connectivity index (χ4n) is 3.37. The quantitative estimate of drug-likeness (QED) is 0.944. The molecule has 2 heterocycles. The Balaban J connectivity index is 0.00000176. The van der Waals surface area contributed by atoms with Gasteiger partial charge in [0.15, 0.2) is 0 Å². The molecule has 5 heteroatoms. The third-order valence-corrected chi connectivity index (χ3v) is 4.71. The summed E-state index contributed by atoms with van der Waals surface area (Å²) in [5.41, 5.74) is 11.5. The highest BCUT2D eigenvalue weighted by atomic mass is 35.5. The van der Waals surface area contributed by atoms with Crippen LogP contribution in [0, 0.1) is 13.8 Å². The Kier molecular flexibility index (Phi) is 5.27. The van der Waals surface area contributed by atoms with Gasteiger partial charge in [-0.2, -0.15) is 5.10 Å². The van der Waals surface area contributed by atoms with Gasteiger partial charge in [0.2, 0.25) is 0 Å². The van der Waals surface area contributed by atoms with Crippen LogP contribution in [0.3, 0.4) is 0 Å². The molecule has 0 saturated carbocycles. The molecule has 0 spiro atoms. The summed E-state index contributed by atoms with van der Waals surface area (Å²) in [6.07, 6.45) is 0. The minimum absolute atomic E-state index is 0. The van der Waals surface area contributed by atoms with Crippen molar-refractivity contribution in [2.75, 3.05) is 13.1 Å². The van der Waals surface area contributed by atoms with E-state index in [4.69, 9.17) is 5.73 Å². The molecule has 0 aliphatic carbocycles. The molecule has 0 bridgehead atoms. The Morgan fingerprint density at radius 2 is 1.86 bits per heavy atom. The molecule has 0 amide bonds. The Hall–Kier alpha value is -1.36. The molecular weight excluding hydrogens is 296 g/mol. The third kappa shape index (κ3) is 3.19. The second kappa shape index (κ2) is 6.82. The maximum atomic E-state index is 6.37. The standard InChI is InChI=1S/C17H24N4.ClH/c1-12-15(13(2)20(3)19-12)9-21-10-16(17(18)11-21)14-7-5-4-6-8-14;/h4-8,16-17H,9-11,18H2,1-3H3;1H/t16-,17+;/m0./s1. The average molecular weight is 321 g/mol. The molecule has 1 aromatic heterocycles. The number of benzene rings is 1. The lowest BCUT2D eigenvalue weighted by Gasteiger charge is -2.16. The number of nitrogens with two attached hydrogens (primary N) is 1. The molecule has 3 rings (SSSR count). The summed E-state index contributed by atoms with van der Waals surface area (Å²) in [7, 11) is 2.01. The molecule has 1 aromatic carbocycles. The van der Waals surface area contributed by atoms with E-state index < -0.39 is 0 Å². The maximum absolute atomic E-state index is 6.37. The van der Waals surface area contributed by atoms with E-state index in [1.807, 2.05) is 11.7 Å². The Morgan fingerprint density at radius 1 is 1.18 bits per heavy atom. The van der Waals surface area contributed by atoms with Gasteiger partial charge in [-0.3, -0.25) is 9.58 Å². The predicted molar refractivity (Wildman–Crippen MR) is 92.4 cm³/mol. The van der Waals surface area contributed by atoms with E-state index in [1.54, 1.807) is 0 Å².